The molecule has 0 spiro atoms. The molecule has 0 bridgehead atoms. The highest BCUT2D eigenvalue weighted by atomic mass is 31.2. The molecular formula is C17H15O4P. The van der Waals surface area contributed by atoms with Crippen LogP contribution in [0.3, 0.4) is 0 Å². The molecule has 4 nitrogen and oxygen atoms in total. The summed E-state index contributed by atoms with van der Waals surface area (Å²) in [5.74, 6) is 0.439. The third-order valence-electron chi connectivity index (χ3n) is 3.37. The Bertz CT molecular complexity index is 854. The second-order valence-corrected chi connectivity index (χ2v) is 6.62. The monoisotopic (exact) mass is 314 g/mol. The van der Waals surface area contributed by atoms with Crippen LogP contribution in [0.1, 0.15) is 5.56 Å². The lowest BCUT2D eigenvalue weighted by atomic mass is 10.1. The summed E-state index contributed by atoms with van der Waals surface area (Å²) in [5, 5.41) is 2.26. The maximum absolute atomic E-state index is 11.2. The first-order valence-electron chi connectivity index (χ1n) is 6.79. The van der Waals surface area contributed by atoms with Crippen LogP contribution in [0.15, 0.2) is 66.7 Å². The van der Waals surface area contributed by atoms with Crippen LogP contribution >= 0.6 is 7.60 Å². The first-order chi connectivity index (χ1) is 10.5. The van der Waals surface area contributed by atoms with Crippen molar-refractivity contribution in [3.05, 3.63) is 72.3 Å². The molecule has 2 N–H and O–H groups in total. The molecule has 0 fully saturated rings. The van der Waals surface area contributed by atoms with Gasteiger partial charge >= 0.3 is 7.60 Å². The predicted octanol–water partition coefficient (Wildman–Crippen LogP) is 3.22. The molecular weight excluding hydrogens is 299 g/mol. The van der Waals surface area contributed by atoms with Crippen molar-refractivity contribution >= 4 is 23.7 Å². The summed E-state index contributed by atoms with van der Waals surface area (Å²) in [6, 6.07) is 20.1. The van der Waals surface area contributed by atoms with Crippen molar-refractivity contribution in [2.75, 3.05) is 0 Å². The SMILES string of the molecule is O=P(O)(O)c1cccc(OCc2ccc3ccccc3c2)c1. The van der Waals surface area contributed by atoms with Gasteiger partial charge in [0.1, 0.15) is 12.4 Å². The fraction of sp³-hybridized carbons (Fsp3) is 0.0588. The van der Waals surface area contributed by atoms with Crippen molar-refractivity contribution in [1.82, 2.24) is 0 Å². The fourth-order valence-corrected chi connectivity index (χ4v) is 2.83. The van der Waals surface area contributed by atoms with Gasteiger partial charge in [0.25, 0.3) is 0 Å². The van der Waals surface area contributed by atoms with Crippen LogP contribution in [0.2, 0.25) is 0 Å². The summed E-state index contributed by atoms with van der Waals surface area (Å²) in [6.07, 6.45) is 0. The maximum atomic E-state index is 11.2. The lowest BCUT2D eigenvalue weighted by Gasteiger charge is -2.09. The second kappa shape index (κ2) is 5.93. The number of hydrogen-bond donors (Lipinski definition) is 2. The lowest BCUT2D eigenvalue weighted by molar-refractivity contribution is 0.306. The molecule has 3 rings (SSSR count). The van der Waals surface area contributed by atoms with Gasteiger partial charge in [-0.3, -0.25) is 4.57 Å². The Balaban J connectivity index is 1.78. The Morgan fingerprint density at radius 1 is 0.864 bits per heavy atom. The van der Waals surface area contributed by atoms with E-state index in [1.165, 1.54) is 12.1 Å². The van der Waals surface area contributed by atoms with Gasteiger partial charge in [-0.25, -0.2) is 0 Å². The van der Waals surface area contributed by atoms with E-state index in [0.29, 0.717) is 12.4 Å². The normalized spacial score (nSPS) is 11.5. The van der Waals surface area contributed by atoms with Crippen LogP contribution in [0.25, 0.3) is 10.8 Å². The smallest absolute Gasteiger partial charge is 0.356 e. The standard InChI is InChI=1S/C17H15O4P/c18-22(19,20)17-7-3-6-16(11-17)21-12-13-8-9-14-4-1-2-5-15(14)10-13/h1-11H,12H2,(H2,18,19,20). The van der Waals surface area contributed by atoms with Crippen molar-refractivity contribution in [3.8, 4) is 5.75 Å². The fourth-order valence-electron chi connectivity index (χ4n) is 2.25. The zero-order valence-electron chi connectivity index (χ0n) is 11.7. The van der Waals surface area contributed by atoms with E-state index in [0.717, 1.165) is 16.3 Å². The molecule has 0 aliphatic rings. The first kappa shape index (κ1) is 14.8. The van der Waals surface area contributed by atoms with Crippen LogP contribution in [0, 0.1) is 0 Å². The largest absolute Gasteiger partial charge is 0.489 e. The summed E-state index contributed by atoms with van der Waals surface area (Å²) in [5.41, 5.74) is 1.00. The number of ether oxygens (including phenoxy) is 1. The van der Waals surface area contributed by atoms with Gasteiger partial charge < -0.3 is 14.5 Å². The first-order valence-corrected chi connectivity index (χ1v) is 8.40. The van der Waals surface area contributed by atoms with E-state index < -0.39 is 7.60 Å². The average molecular weight is 314 g/mol. The van der Waals surface area contributed by atoms with Crippen molar-refractivity contribution in [2.24, 2.45) is 0 Å². The summed E-state index contributed by atoms with van der Waals surface area (Å²) >= 11 is 0. The molecule has 3 aromatic carbocycles. The summed E-state index contributed by atoms with van der Waals surface area (Å²) in [6.45, 7) is 0.343. The van der Waals surface area contributed by atoms with E-state index in [9.17, 15) is 14.4 Å². The number of rotatable bonds is 4. The van der Waals surface area contributed by atoms with Crippen molar-refractivity contribution in [2.45, 2.75) is 6.61 Å². The molecule has 0 aliphatic heterocycles. The Morgan fingerprint density at radius 3 is 2.41 bits per heavy atom. The Hall–Kier alpha value is -2.13. The lowest BCUT2D eigenvalue weighted by Crippen LogP contribution is -2.04. The van der Waals surface area contributed by atoms with E-state index in [1.807, 2.05) is 42.5 Å². The van der Waals surface area contributed by atoms with E-state index in [1.54, 1.807) is 12.1 Å². The van der Waals surface area contributed by atoms with Crippen LogP contribution < -0.4 is 10.0 Å². The molecule has 0 aromatic heterocycles. The van der Waals surface area contributed by atoms with Gasteiger partial charge in [-0.15, -0.1) is 0 Å². The van der Waals surface area contributed by atoms with Gasteiger partial charge in [0.05, 0.1) is 5.30 Å². The topological polar surface area (TPSA) is 66.8 Å². The average Bonchev–Trinajstić information content (AvgIpc) is 2.52. The van der Waals surface area contributed by atoms with Crippen LogP contribution in [-0.4, -0.2) is 9.79 Å². The second-order valence-electron chi connectivity index (χ2n) is 5.01. The molecule has 22 heavy (non-hydrogen) atoms. The van der Waals surface area contributed by atoms with Gasteiger partial charge in [-0.2, -0.15) is 0 Å². The van der Waals surface area contributed by atoms with Gasteiger partial charge in [0, 0.05) is 0 Å². The van der Waals surface area contributed by atoms with Crippen molar-refractivity contribution < 1.29 is 19.1 Å². The summed E-state index contributed by atoms with van der Waals surface area (Å²) < 4.78 is 16.9. The summed E-state index contributed by atoms with van der Waals surface area (Å²) in [7, 11) is -4.25. The third-order valence-corrected chi connectivity index (χ3v) is 4.32. The molecule has 0 radical (unpaired) electrons. The number of hydrogen-bond acceptors (Lipinski definition) is 2. The molecule has 0 unspecified atom stereocenters. The zero-order valence-corrected chi connectivity index (χ0v) is 12.6. The van der Waals surface area contributed by atoms with Crippen molar-refractivity contribution in [3.63, 3.8) is 0 Å². The molecule has 0 saturated carbocycles. The molecule has 0 amide bonds. The van der Waals surface area contributed by atoms with Crippen LogP contribution in [-0.2, 0) is 11.2 Å². The highest BCUT2D eigenvalue weighted by Crippen LogP contribution is 2.34. The van der Waals surface area contributed by atoms with Crippen LogP contribution in [0.5, 0.6) is 5.75 Å². The Labute approximate surface area is 128 Å². The number of benzene rings is 3. The van der Waals surface area contributed by atoms with Crippen LogP contribution in [0.4, 0.5) is 0 Å². The van der Waals surface area contributed by atoms with E-state index in [4.69, 9.17) is 4.74 Å². The molecule has 0 heterocycles. The Kier molecular flexibility index (Phi) is 3.99. The minimum absolute atomic E-state index is 0.0384. The van der Waals surface area contributed by atoms with Gasteiger partial charge in [-0.05, 0) is 40.6 Å². The van der Waals surface area contributed by atoms with Gasteiger partial charge in [0.15, 0.2) is 0 Å². The predicted molar refractivity (Wildman–Crippen MR) is 86.4 cm³/mol. The van der Waals surface area contributed by atoms with Gasteiger partial charge in [0.2, 0.25) is 0 Å². The van der Waals surface area contributed by atoms with E-state index in [-0.39, 0.29) is 5.30 Å². The third kappa shape index (κ3) is 3.37. The van der Waals surface area contributed by atoms with E-state index >= 15 is 0 Å². The van der Waals surface area contributed by atoms with E-state index in [2.05, 4.69) is 0 Å². The zero-order chi connectivity index (χ0) is 15.6. The minimum Gasteiger partial charge on any atom is -0.489 e. The molecule has 0 saturated heterocycles. The maximum Gasteiger partial charge on any atom is 0.356 e. The molecule has 0 aliphatic carbocycles. The number of fused-ring (bicyclic) bond motifs is 1. The summed E-state index contributed by atoms with van der Waals surface area (Å²) in [4.78, 5) is 18.3. The molecule has 112 valence electrons. The van der Waals surface area contributed by atoms with Gasteiger partial charge in [-0.1, -0.05) is 42.5 Å². The highest BCUT2D eigenvalue weighted by Gasteiger charge is 2.17. The highest BCUT2D eigenvalue weighted by molar-refractivity contribution is 7.60. The van der Waals surface area contributed by atoms with Crippen molar-refractivity contribution in [1.29, 1.82) is 0 Å². The Morgan fingerprint density at radius 2 is 1.64 bits per heavy atom. The molecule has 0 atom stereocenters. The quantitative estimate of drug-likeness (QED) is 0.726. The molecule has 3 aromatic rings. The molecule has 5 heteroatoms. The minimum atomic E-state index is -4.25.